The van der Waals surface area contributed by atoms with Crippen LogP contribution in [0.4, 0.5) is 0 Å². The highest BCUT2D eigenvalue weighted by molar-refractivity contribution is 5.97. The van der Waals surface area contributed by atoms with Gasteiger partial charge in [0.1, 0.15) is 11.5 Å². The van der Waals surface area contributed by atoms with Crippen molar-refractivity contribution in [1.29, 1.82) is 0 Å². The summed E-state index contributed by atoms with van der Waals surface area (Å²) in [6.07, 6.45) is 3.85. The van der Waals surface area contributed by atoms with Crippen molar-refractivity contribution in [2.24, 2.45) is 5.92 Å². The molecular weight excluding hydrogens is 288 g/mol. The predicted molar refractivity (Wildman–Crippen MR) is 75.0 cm³/mol. The number of esters is 2. The fraction of sp³-hybridized carbons (Fsp3) is 0.500. The van der Waals surface area contributed by atoms with Gasteiger partial charge in [0.2, 0.25) is 0 Å². The summed E-state index contributed by atoms with van der Waals surface area (Å²) >= 11 is 0. The molecule has 0 aromatic heterocycles. The van der Waals surface area contributed by atoms with Crippen LogP contribution in [0.1, 0.15) is 37.7 Å². The molecule has 0 bridgehead atoms. The Bertz CT molecular complexity index is 583. The third-order valence-electron chi connectivity index (χ3n) is 4.25. The van der Waals surface area contributed by atoms with Crippen LogP contribution in [0.15, 0.2) is 18.2 Å². The van der Waals surface area contributed by atoms with Gasteiger partial charge in [0.05, 0.1) is 0 Å². The summed E-state index contributed by atoms with van der Waals surface area (Å²) in [6.45, 7) is 0. The standard InChI is InChI=1S/C16H18O6/c17-11-5-4-10(13(18)9-11)8-12-14(19)21-16(22-15(12)20)6-2-1-3-7-16/h4-5,9,12,17-18H,1-3,6-8H2. The minimum atomic E-state index is -1.08. The van der Waals surface area contributed by atoms with Crippen molar-refractivity contribution in [2.75, 3.05) is 0 Å². The monoisotopic (exact) mass is 306 g/mol. The first-order chi connectivity index (χ1) is 10.5. The summed E-state index contributed by atoms with van der Waals surface area (Å²) in [7, 11) is 0. The van der Waals surface area contributed by atoms with Crippen LogP contribution in [-0.4, -0.2) is 27.9 Å². The second-order valence-corrected chi connectivity index (χ2v) is 5.88. The van der Waals surface area contributed by atoms with Crippen molar-refractivity contribution in [3.8, 4) is 11.5 Å². The summed E-state index contributed by atoms with van der Waals surface area (Å²) in [5.41, 5.74) is 0.385. The summed E-state index contributed by atoms with van der Waals surface area (Å²) in [5, 5.41) is 19.0. The van der Waals surface area contributed by atoms with E-state index in [-0.39, 0.29) is 17.9 Å². The van der Waals surface area contributed by atoms with Crippen molar-refractivity contribution in [2.45, 2.75) is 44.3 Å². The SMILES string of the molecule is O=C1OC2(CCCCC2)OC(=O)C1Cc1ccc(O)cc1O. The molecule has 6 nitrogen and oxygen atoms in total. The van der Waals surface area contributed by atoms with Gasteiger partial charge < -0.3 is 19.7 Å². The first-order valence-corrected chi connectivity index (χ1v) is 7.46. The van der Waals surface area contributed by atoms with Crippen molar-refractivity contribution < 1.29 is 29.3 Å². The molecule has 6 heteroatoms. The number of aromatic hydroxyl groups is 2. The summed E-state index contributed by atoms with van der Waals surface area (Å²) in [4.78, 5) is 24.4. The molecule has 0 amide bonds. The molecule has 1 aliphatic carbocycles. The van der Waals surface area contributed by atoms with E-state index in [4.69, 9.17) is 9.47 Å². The maximum Gasteiger partial charge on any atom is 0.323 e. The largest absolute Gasteiger partial charge is 0.508 e. The molecule has 1 saturated heterocycles. The van der Waals surface area contributed by atoms with Gasteiger partial charge in [-0.2, -0.15) is 0 Å². The van der Waals surface area contributed by atoms with Gasteiger partial charge in [0, 0.05) is 18.9 Å². The Balaban J connectivity index is 1.75. The van der Waals surface area contributed by atoms with Crippen LogP contribution in [-0.2, 0) is 25.5 Å². The lowest BCUT2D eigenvalue weighted by Gasteiger charge is -2.40. The zero-order valence-corrected chi connectivity index (χ0v) is 12.1. The second-order valence-electron chi connectivity index (χ2n) is 5.88. The topological polar surface area (TPSA) is 93.1 Å². The molecule has 3 rings (SSSR count). The molecule has 118 valence electrons. The fourth-order valence-corrected chi connectivity index (χ4v) is 3.03. The highest BCUT2D eigenvalue weighted by Gasteiger charge is 2.49. The molecule has 0 unspecified atom stereocenters. The number of hydrogen-bond donors (Lipinski definition) is 2. The number of carbonyl (C=O) groups excluding carboxylic acids is 2. The number of rotatable bonds is 2. The van der Waals surface area contributed by atoms with Crippen molar-refractivity contribution in [3.63, 3.8) is 0 Å². The van der Waals surface area contributed by atoms with Crippen LogP contribution >= 0.6 is 0 Å². The molecule has 2 N–H and O–H groups in total. The molecule has 1 aromatic carbocycles. The van der Waals surface area contributed by atoms with Crippen LogP contribution < -0.4 is 0 Å². The van der Waals surface area contributed by atoms with Crippen molar-refractivity contribution in [3.05, 3.63) is 23.8 Å². The molecule has 1 saturated carbocycles. The number of benzene rings is 1. The van der Waals surface area contributed by atoms with Gasteiger partial charge in [0.25, 0.3) is 5.79 Å². The van der Waals surface area contributed by atoms with E-state index in [1.807, 2.05) is 0 Å². The average Bonchev–Trinajstić information content (AvgIpc) is 2.45. The van der Waals surface area contributed by atoms with Crippen molar-refractivity contribution >= 4 is 11.9 Å². The lowest BCUT2D eigenvalue weighted by molar-refractivity contribution is -0.260. The van der Waals surface area contributed by atoms with Gasteiger partial charge in [0.15, 0.2) is 5.92 Å². The number of hydrogen-bond acceptors (Lipinski definition) is 6. The van der Waals surface area contributed by atoms with E-state index in [1.54, 1.807) is 0 Å². The molecule has 0 radical (unpaired) electrons. The first-order valence-electron chi connectivity index (χ1n) is 7.46. The zero-order valence-electron chi connectivity index (χ0n) is 12.1. The van der Waals surface area contributed by atoms with E-state index in [1.165, 1.54) is 12.1 Å². The van der Waals surface area contributed by atoms with Crippen LogP contribution in [0.3, 0.4) is 0 Å². The minimum absolute atomic E-state index is 0.0140. The molecule has 2 fully saturated rings. The molecule has 1 spiro atoms. The highest BCUT2D eigenvalue weighted by Crippen LogP contribution is 2.38. The van der Waals surface area contributed by atoms with E-state index in [0.29, 0.717) is 18.4 Å². The summed E-state index contributed by atoms with van der Waals surface area (Å²) in [5.74, 6) is -3.63. The third-order valence-corrected chi connectivity index (χ3v) is 4.25. The average molecular weight is 306 g/mol. The first kappa shape index (κ1) is 14.7. The lowest BCUT2D eigenvalue weighted by atomic mass is 9.91. The van der Waals surface area contributed by atoms with E-state index >= 15 is 0 Å². The second kappa shape index (κ2) is 5.51. The van der Waals surface area contributed by atoms with Gasteiger partial charge in [-0.1, -0.05) is 12.5 Å². The molecular formula is C16H18O6. The number of ether oxygens (including phenoxy) is 2. The van der Waals surface area contributed by atoms with Gasteiger partial charge in [-0.05, 0) is 30.9 Å². The van der Waals surface area contributed by atoms with Crippen LogP contribution in [0.25, 0.3) is 0 Å². The molecule has 1 aliphatic heterocycles. The maximum atomic E-state index is 12.2. The Hall–Kier alpha value is -2.24. The van der Waals surface area contributed by atoms with Crippen LogP contribution in [0.2, 0.25) is 0 Å². The smallest absolute Gasteiger partial charge is 0.323 e. The fourth-order valence-electron chi connectivity index (χ4n) is 3.03. The van der Waals surface area contributed by atoms with E-state index in [0.717, 1.165) is 25.3 Å². The quantitative estimate of drug-likeness (QED) is 0.641. The Morgan fingerprint density at radius 3 is 2.27 bits per heavy atom. The molecule has 22 heavy (non-hydrogen) atoms. The van der Waals surface area contributed by atoms with E-state index in [9.17, 15) is 19.8 Å². The Morgan fingerprint density at radius 1 is 1.05 bits per heavy atom. The van der Waals surface area contributed by atoms with E-state index < -0.39 is 23.6 Å². The van der Waals surface area contributed by atoms with Gasteiger partial charge in [-0.3, -0.25) is 9.59 Å². The van der Waals surface area contributed by atoms with Gasteiger partial charge in [-0.15, -0.1) is 0 Å². The number of carbonyl (C=O) groups is 2. The van der Waals surface area contributed by atoms with Gasteiger partial charge in [-0.25, -0.2) is 0 Å². The Morgan fingerprint density at radius 2 is 1.68 bits per heavy atom. The molecule has 1 aromatic rings. The maximum absolute atomic E-state index is 12.2. The summed E-state index contributed by atoms with van der Waals surface area (Å²) in [6, 6.07) is 4.02. The lowest BCUT2D eigenvalue weighted by Crippen LogP contribution is -2.51. The predicted octanol–water partition coefficient (Wildman–Crippen LogP) is 2.02. The minimum Gasteiger partial charge on any atom is -0.508 e. The molecule has 2 aliphatic rings. The zero-order chi connectivity index (χ0) is 15.7. The van der Waals surface area contributed by atoms with Crippen LogP contribution in [0.5, 0.6) is 11.5 Å². The normalized spacial score (nSPS) is 21.5. The number of phenols is 2. The van der Waals surface area contributed by atoms with Crippen LogP contribution in [0, 0.1) is 5.92 Å². The third kappa shape index (κ3) is 2.73. The highest BCUT2D eigenvalue weighted by atomic mass is 16.7. The van der Waals surface area contributed by atoms with Crippen molar-refractivity contribution in [1.82, 2.24) is 0 Å². The Kier molecular flexibility index (Phi) is 3.68. The summed E-state index contributed by atoms with van der Waals surface area (Å²) < 4.78 is 10.8. The van der Waals surface area contributed by atoms with E-state index in [2.05, 4.69) is 0 Å². The number of phenolic OH excluding ortho intramolecular Hbond substituents is 2. The van der Waals surface area contributed by atoms with Gasteiger partial charge >= 0.3 is 11.9 Å². The molecule has 0 atom stereocenters. The molecule has 1 heterocycles. The Labute approximate surface area is 127 Å².